The first kappa shape index (κ1) is 7.51. The molecule has 1 saturated heterocycles. The van der Waals surface area contributed by atoms with Crippen LogP contribution in [0.3, 0.4) is 0 Å². The third-order valence-corrected chi connectivity index (χ3v) is 1.89. The van der Waals surface area contributed by atoms with Crippen molar-refractivity contribution in [1.82, 2.24) is 10.4 Å². The summed E-state index contributed by atoms with van der Waals surface area (Å²) in [7, 11) is 0. The molecule has 9 heavy (non-hydrogen) atoms. The van der Waals surface area contributed by atoms with E-state index in [0.717, 1.165) is 5.45 Å². The van der Waals surface area contributed by atoms with Gasteiger partial charge in [-0.1, -0.05) is 22.4 Å². The number of nitrogens with one attached hydrogen (secondary N) is 1. The molecular weight excluding hydrogens is 180 g/mol. The topological polar surface area (TPSA) is 15.3 Å². The standard InChI is InChI=1S/C6H13BrN2/c7-6-8-9-4-2-1-3-5-9/h8H,1-6H2. The van der Waals surface area contributed by atoms with Crippen LogP contribution < -0.4 is 5.43 Å². The third kappa shape index (κ3) is 2.65. The van der Waals surface area contributed by atoms with Crippen LogP contribution >= 0.6 is 15.9 Å². The third-order valence-electron chi connectivity index (χ3n) is 1.64. The van der Waals surface area contributed by atoms with Crippen molar-refractivity contribution in [3.63, 3.8) is 0 Å². The van der Waals surface area contributed by atoms with Gasteiger partial charge in [-0.2, -0.15) is 0 Å². The molecule has 1 aliphatic rings. The Labute approximate surface area is 64.7 Å². The highest BCUT2D eigenvalue weighted by Crippen LogP contribution is 2.05. The van der Waals surface area contributed by atoms with E-state index in [1.54, 1.807) is 0 Å². The summed E-state index contributed by atoms with van der Waals surface area (Å²) in [6.45, 7) is 2.43. The quantitative estimate of drug-likeness (QED) is 0.525. The van der Waals surface area contributed by atoms with E-state index >= 15 is 0 Å². The predicted molar refractivity (Wildman–Crippen MR) is 42.4 cm³/mol. The molecule has 0 atom stereocenters. The molecule has 3 heteroatoms. The Bertz CT molecular complexity index is 68.7. The van der Waals surface area contributed by atoms with E-state index in [0.29, 0.717) is 0 Å². The van der Waals surface area contributed by atoms with Gasteiger partial charge in [0, 0.05) is 13.1 Å². The average Bonchev–Trinajstić information content (AvgIpc) is 1.91. The lowest BCUT2D eigenvalue weighted by molar-refractivity contribution is 0.168. The molecule has 0 amide bonds. The normalized spacial score (nSPS) is 22.3. The van der Waals surface area contributed by atoms with Crippen molar-refractivity contribution in [2.75, 3.05) is 18.5 Å². The Morgan fingerprint density at radius 1 is 1.22 bits per heavy atom. The Morgan fingerprint density at radius 3 is 2.44 bits per heavy atom. The fraction of sp³-hybridized carbons (Fsp3) is 1.00. The van der Waals surface area contributed by atoms with Crippen molar-refractivity contribution in [3.05, 3.63) is 0 Å². The van der Waals surface area contributed by atoms with Crippen LogP contribution in [0, 0.1) is 0 Å². The van der Waals surface area contributed by atoms with Gasteiger partial charge < -0.3 is 0 Å². The Hall–Kier alpha value is 0.400. The molecule has 0 bridgehead atoms. The van der Waals surface area contributed by atoms with Crippen LogP contribution in [0.5, 0.6) is 0 Å². The van der Waals surface area contributed by atoms with Gasteiger partial charge in [-0.3, -0.25) is 0 Å². The lowest BCUT2D eigenvalue weighted by Crippen LogP contribution is -2.40. The van der Waals surface area contributed by atoms with Gasteiger partial charge in [0.05, 0.1) is 5.45 Å². The van der Waals surface area contributed by atoms with Crippen LogP contribution in [0.2, 0.25) is 0 Å². The zero-order valence-corrected chi connectivity index (χ0v) is 7.15. The molecule has 54 valence electrons. The van der Waals surface area contributed by atoms with Crippen LogP contribution in [-0.4, -0.2) is 23.6 Å². The molecule has 0 spiro atoms. The van der Waals surface area contributed by atoms with Gasteiger partial charge in [0.1, 0.15) is 0 Å². The summed E-state index contributed by atoms with van der Waals surface area (Å²) in [5, 5.41) is 2.28. The van der Waals surface area contributed by atoms with Gasteiger partial charge in [-0.05, 0) is 12.8 Å². The number of halogens is 1. The van der Waals surface area contributed by atoms with Crippen LogP contribution in [0.25, 0.3) is 0 Å². The number of hydrogen-bond donors (Lipinski definition) is 1. The molecule has 0 radical (unpaired) electrons. The van der Waals surface area contributed by atoms with E-state index in [9.17, 15) is 0 Å². The SMILES string of the molecule is BrCNN1CCCCC1. The fourth-order valence-electron chi connectivity index (χ4n) is 1.14. The highest BCUT2D eigenvalue weighted by atomic mass is 79.9. The first-order chi connectivity index (χ1) is 4.43. The summed E-state index contributed by atoms with van der Waals surface area (Å²) in [5.74, 6) is 0. The lowest BCUT2D eigenvalue weighted by atomic mass is 10.2. The molecule has 0 unspecified atom stereocenters. The number of hydrogen-bond acceptors (Lipinski definition) is 2. The van der Waals surface area contributed by atoms with Crippen molar-refractivity contribution < 1.29 is 0 Å². The maximum Gasteiger partial charge on any atom is 0.0657 e. The molecule has 1 heterocycles. The van der Waals surface area contributed by atoms with Gasteiger partial charge in [0.15, 0.2) is 0 Å². The first-order valence-corrected chi connectivity index (χ1v) is 4.60. The molecule has 1 aliphatic heterocycles. The second kappa shape index (κ2) is 4.25. The number of piperidine rings is 1. The molecule has 2 nitrogen and oxygen atoms in total. The minimum absolute atomic E-state index is 0.882. The molecule has 0 saturated carbocycles. The van der Waals surface area contributed by atoms with E-state index in [4.69, 9.17) is 0 Å². The minimum atomic E-state index is 0.882. The molecule has 0 aromatic heterocycles. The predicted octanol–water partition coefficient (Wildman–Crippen LogP) is 1.33. The van der Waals surface area contributed by atoms with Crippen LogP contribution in [0.1, 0.15) is 19.3 Å². The molecule has 0 aromatic rings. The summed E-state index contributed by atoms with van der Waals surface area (Å²) >= 11 is 3.33. The first-order valence-electron chi connectivity index (χ1n) is 3.48. The summed E-state index contributed by atoms with van der Waals surface area (Å²) in [5.41, 5.74) is 4.12. The monoisotopic (exact) mass is 192 g/mol. The van der Waals surface area contributed by atoms with Crippen molar-refractivity contribution in [3.8, 4) is 0 Å². The highest BCUT2D eigenvalue weighted by Gasteiger charge is 2.06. The number of alkyl halides is 1. The number of hydrazine groups is 1. The van der Waals surface area contributed by atoms with Gasteiger partial charge in [0.25, 0.3) is 0 Å². The second-order valence-electron chi connectivity index (χ2n) is 2.34. The molecule has 0 aliphatic carbocycles. The van der Waals surface area contributed by atoms with E-state index < -0.39 is 0 Å². The van der Waals surface area contributed by atoms with Crippen LogP contribution in [0.4, 0.5) is 0 Å². The summed E-state index contributed by atoms with van der Waals surface area (Å²) in [6.07, 6.45) is 4.10. The van der Waals surface area contributed by atoms with Crippen molar-refractivity contribution >= 4 is 15.9 Å². The molecule has 1 rings (SSSR count). The zero-order chi connectivity index (χ0) is 6.53. The maximum atomic E-state index is 3.33. The molecule has 1 N–H and O–H groups in total. The van der Waals surface area contributed by atoms with Crippen LogP contribution in [0.15, 0.2) is 0 Å². The van der Waals surface area contributed by atoms with Crippen molar-refractivity contribution in [2.24, 2.45) is 0 Å². The van der Waals surface area contributed by atoms with Gasteiger partial charge >= 0.3 is 0 Å². The van der Waals surface area contributed by atoms with E-state index in [2.05, 4.69) is 26.4 Å². The molecule has 1 fully saturated rings. The van der Waals surface area contributed by atoms with Crippen LogP contribution in [-0.2, 0) is 0 Å². The smallest absolute Gasteiger partial charge is 0.0657 e. The maximum absolute atomic E-state index is 3.33. The van der Waals surface area contributed by atoms with Crippen molar-refractivity contribution in [1.29, 1.82) is 0 Å². The second-order valence-corrected chi connectivity index (χ2v) is 2.90. The summed E-state index contributed by atoms with van der Waals surface area (Å²) in [4.78, 5) is 0. The van der Waals surface area contributed by atoms with E-state index in [1.165, 1.54) is 32.4 Å². The fourth-order valence-corrected chi connectivity index (χ4v) is 1.49. The lowest BCUT2D eigenvalue weighted by Gasteiger charge is -2.25. The Morgan fingerprint density at radius 2 is 1.89 bits per heavy atom. The van der Waals surface area contributed by atoms with Crippen molar-refractivity contribution in [2.45, 2.75) is 19.3 Å². The summed E-state index contributed by atoms with van der Waals surface area (Å²) < 4.78 is 0. The molecular formula is C6H13BrN2. The number of nitrogens with zero attached hydrogens (tertiary/aromatic N) is 1. The largest absolute Gasteiger partial charge is 0.245 e. The van der Waals surface area contributed by atoms with Gasteiger partial charge in [-0.15, -0.1) is 0 Å². The minimum Gasteiger partial charge on any atom is -0.245 e. The van der Waals surface area contributed by atoms with Gasteiger partial charge in [-0.25, -0.2) is 10.4 Å². The Kier molecular flexibility index (Phi) is 3.55. The van der Waals surface area contributed by atoms with Gasteiger partial charge in [0.2, 0.25) is 0 Å². The average molecular weight is 193 g/mol. The van der Waals surface area contributed by atoms with E-state index in [1.807, 2.05) is 0 Å². The summed E-state index contributed by atoms with van der Waals surface area (Å²) in [6, 6.07) is 0. The number of rotatable bonds is 2. The molecule has 0 aromatic carbocycles. The zero-order valence-electron chi connectivity index (χ0n) is 5.57. The van der Waals surface area contributed by atoms with E-state index in [-0.39, 0.29) is 0 Å². The Balaban J connectivity index is 2.08. The highest BCUT2D eigenvalue weighted by molar-refractivity contribution is 9.09.